The Labute approximate surface area is 135 Å². The van der Waals surface area contributed by atoms with Gasteiger partial charge in [-0.15, -0.1) is 0 Å². The molecule has 6 heteroatoms. The molecule has 1 amide bonds. The van der Waals surface area contributed by atoms with Crippen molar-refractivity contribution >= 4 is 50.1 Å². The molecule has 5 nitrogen and oxygen atoms in total. The van der Waals surface area contributed by atoms with Crippen LogP contribution in [0.2, 0.25) is 0 Å². The Hall–Kier alpha value is -2.47. The fourth-order valence-corrected chi connectivity index (χ4v) is 2.45. The maximum Gasteiger partial charge on any atom is 0.227 e. The minimum absolute atomic E-state index is 0.107. The molecule has 3 aromatic rings. The second-order valence-corrected chi connectivity index (χ2v) is 5.70. The summed E-state index contributed by atoms with van der Waals surface area (Å²) in [6, 6.07) is 13.2. The fourth-order valence-electron chi connectivity index (χ4n) is 2.07. The first-order valence-electron chi connectivity index (χ1n) is 6.67. The number of benzene rings is 2. The first-order chi connectivity index (χ1) is 10.6. The van der Waals surface area contributed by atoms with E-state index in [1.807, 2.05) is 42.5 Å². The lowest BCUT2D eigenvalue weighted by molar-refractivity contribution is -0.114. The van der Waals surface area contributed by atoms with Crippen molar-refractivity contribution in [1.29, 1.82) is 0 Å². The maximum absolute atomic E-state index is 11.1. The van der Waals surface area contributed by atoms with E-state index >= 15 is 0 Å². The first kappa shape index (κ1) is 14.5. The minimum atomic E-state index is -0.107. The van der Waals surface area contributed by atoms with Crippen LogP contribution in [0, 0.1) is 0 Å². The largest absolute Gasteiger partial charge is 0.326 e. The summed E-state index contributed by atoms with van der Waals surface area (Å²) < 4.78 is 0.993. The van der Waals surface area contributed by atoms with Crippen LogP contribution in [0.3, 0.4) is 0 Å². The molecule has 3 rings (SSSR count). The summed E-state index contributed by atoms with van der Waals surface area (Å²) in [5.74, 6) is 0.402. The molecule has 0 spiro atoms. The van der Waals surface area contributed by atoms with Crippen molar-refractivity contribution in [2.24, 2.45) is 0 Å². The van der Waals surface area contributed by atoms with E-state index in [-0.39, 0.29) is 5.91 Å². The van der Waals surface area contributed by atoms with E-state index in [2.05, 4.69) is 36.5 Å². The van der Waals surface area contributed by atoms with E-state index in [0.29, 0.717) is 5.95 Å². The van der Waals surface area contributed by atoms with Gasteiger partial charge in [-0.2, -0.15) is 0 Å². The lowest BCUT2D eigenvalue weighted by Gasteiger charge is -2.08. The third-order valence-electron chi connectivity index (χ3n) is 2.98. The van der Waals surface area contributed by atoms with Crippen LogP contribution in [0.15, 0.2) is 53.1 Å². The van der Waals surface area contributed by atoms with Crippen molar-refractivity contribution in [2.45, 2.75) is 6.92 Å². The molecule has 0 saturated carbocycles. The summed E-state index contributed by atoms with van der Waals surface area (Å²) in [7, 11) is 0. The number of carbonyl (C=O) groups excluding carboxylic acids is 1. The van der Waals surface area contributed by atoms with Crippen LogP contribution < -0.4 is 10.6 Å². The van der Waals surface area contributed by atoms with Crippen LogP contribution in [0.5, 0.6) is 0 Å². The van der Waals surface area contributed by atoms with Gasteiger partial charge < -0.3 is 10.6 Å². The molecule has 0 saturated heterocycles. The van der Waals surface area contributed by atoms with Gasteiger partial charge in [-0.05, 0) is 36.4 Å². The van der Waals surface area contributed by atoms with Gasteiger partial charge in [-0.1, -0.05) is 22.0 Å². The van der Waals surface area contributed by atoms with Crippen molar-refractivity contribution in [3.05, 3.63) is 53.1 Å². The molecule has 0 fully saturated rings. The van der Waals surface area contributed by atoms with E-state index in [9.17, 15) is 4.79 Å². The van der Waals surface area contributed by atoms with Crippen LogP contribution >= 0.6 is 15.9 Å². The van der Waals surface area contributed by atoms with Crippen molar-refractivity contribution < 1.29 is 4.79 Å². The van der Waals surface area contributed by atoms with Crippen molar-refractivity contribution in [2.75, 3.05) is 10.6 Å². The molecule has 1 aromatic heterocycles. The molecule has 1 heterocycles. The van der Waals surface area contributed by atoms with E-state index < -0.39 is 0 Å². The monoisotopic (exact) mass is 356 g/mol. The molecule has 0 aliphatic rings. The first-order valence-corrected chi connectivity index (χ1v) is 7.46. The number of nitrogens with zero attached hydrogens (tertiary/aromatic N) is 2. The van der Waals surface area contributed by atoms with Gasteiger partial charge in [0, 0.05) is 34.4 Å². The molecule has 0 aliphatic carbocycles. The summed E-state index contributed by atoms with van der Waals surface area (Å²) in [6.45, 7) is 1.48. The standard InChI is InChI=1S/C16H13BrN4O/c1-10(22)19-13-3-2-4-14(8-13)20-16-18-9-11-7-12(17)5-6-15(11)21-16/h2-9H,1H3,(H,19,22)(H,18,20,21). The Morgan fingerprint density at radius 1 is 1.14 bits per heavy atom. The number of fused-ring (bicyclic) bond motifs is 1. The van der Waals surface area contributed by atoms with Gasteiger partial charge in [-0.25, -0.2) is 9.97 Å². The average molecular weight is 357 g/mol. The highest BCUT2D eigenvalue weighted by Crippen LogP contribution is 2.21. The Balaban J connectivity index is 1.86. The quantitative estimate of drug-likeness (QED) is 0.741. The van der Waals surface area contributed by atoms with Gasteiger partial charge >= 0.3 is 0 Å². The highest BCUT2D eigenvalue weighted by atomic mass is 79.9. The number of rotatable bonds is 3. The summed E-state index contributed by atoms with van der Waals surface area (Å²) in [6.07, 6.45) is 1.77. The average Bonchev–Trinajstić information content (AvgIpc) is 2.47. The van der Waals surface area contributed by atoms with Gasteiger partial charge in [-0.3, -0.25) is 4.79 Å². The normalized spacial score (nSPS) is 10.5. The molecule has 0 aliphatic heterocycles. The topological polar surface area (TPSA) is 66.9 Å². The maximum atomic E-state index is 11.1. The molecular formula is C16H13BrN4O. The number of nitrogens with one attached hydrogen (secondary N) is 2. The zero-order valence-electron chi connectivity index (χ0n) is 11.8. The predicted molar refractivity (Wildman–Crippen MR) is 91.3 cm³/mol. The van der Waals surface area contributed by atoms with Gasteiger partial charge in [0.25, 0.3) is 0 Å². The molecular weight excluding hydrogens is 344 g/mol. The fraction of sp³-hybridized carbons (Fsp3) is 0.0625. The number of hydrogen-bond donors (Lipinski definition) is 2. The van der Waals surface area contributed by atoms with E-state index in [1.165, 1.54) is 6.92 Å². The SMILES string of the molecule is CC(=O)Nc1cccc(Nc2ncc3cc(Br)ccc3n2)c1. The zero-order valence-corrected chi connectivity index (χ0v) is 13.4. The Morgan fingerprint density at radius 2 is 1.95 bits per heavy atom. The zero-order chi connectivity index (χ0) is 15.5. The summed E-state index contributed by atoms with van der Waals surface area (Å²) in [5.41, 5.74) is 2.39. The Kier molecular flexibility index (Phi) is 4.02. The molecule has 22 heavy (non-hydrogen) atoms. The van der Waals surface area contributed by atoms with Crippen molar-refractivity contribution in [3.63, 3.8) is 0 Å². The predicted octanol–water partition coefficient (Wildman–Crippen LogP) is 4.09. The number of aromatic nitrogens is 2. The molecule has 0 bridgehead atoms. The van der Waals surface area contributed by atoms with Crippen molar-refractivity contribution in [3.8, 4) is 0 Å². The molecule has 2 aromatic carbocycles. The smallest absolute Gasteiger partial charge is 0.227 e. The van der Waals surface area contributed by atoms with E-state index in [0.717, 1.165) is 26.8 Å². The number of anilines is 3. The number of carbonyl (C=O) groups is 1. The molecule has 0 radical (unpaired) electrons. The molecule has 110 valence electrons. The molecule has 0 atom stereocenters. The van der Waals surface area contributed by atoms with E-state index in [4.69, 9.17) is 0 Å². The molecule has 2 N–H and O–H groups in total. The van der Waals surface area contributed by atoms with Crippen molar-refractivity contribution in [1.82, 2.24) is 9.97 Å². The van der Waals surface area contributed by atoms with Crippen LogP contribution in [-0.2, 0) is 4.79 Å². The lowest BCUT2D eigenvalue weighted by Crippen LogP contribution is -2.06. The van der Waals surface area contributed by atoms with Crippen LogP contribution in [0.25, 0.3) is 10.9 Å². The lowest BCUT2D eigenvalue weighted by atomic mass is 10.2. The summed E-state index contributed by atoms with van der Waals surface area (Å²) in [5, 5.41) is 6.85. The number of hydrogen-bond acceptors (Lipinski definition) is 4. The third-order valence-corrected chi connectivity index (χ3v) is 3.47. The molecule has 0 unspecified atom stereocenters. The third kappa shape index (κ3) is 3.40. The second-order valence-electron chi connectivity index (χ2n) is 4.78. The van der Waals surface area contributed by atoms with Crippen LogP contribution in [0.1, 0.15) is 6.92 Å². The highest BCUT2D eigenvalue weighted by molar-refractivity contribution is 9.10. The summed E-state index contributed by atoms with van der Waals surface area (Å²) >= 11 is 3.43. The van der Waals surface area contributed by atoms with Gasteiger partial charge in [0.2, 0.25) is 11.9 Å². The van der Waals surface area contributed by atoms with Gasteiger partial charge in [0.05, 0.1) is 5.52 Å². The summed E-state index contributed by atoms with van der Waals surface area (Å²) in [4.78, 5) is 19.9. The Bertz CT molecular complexity index is 850. The van der Waals surface area contributed by atoms with Crippen LogP contribution in [-0.4, -0.2) is 15.9 Å². The van der Waals surface area contributed by atoms with E-state index in [1.54, 1.807) is 6.20 Å². The second kappa shape index (κ2) is 6.11. The highest BCUT2D eigenvalue weighted by Gasteiger charge is 2.03. The number of halogens is 1. The van der Waals surface area contributed by atoms with Gasteiger partial charge in [0.1, 0.15) is 0 Å². The Morgan fingerprint density at radius 3 is 2.77 bits per heavy atom. The van der Waals surface area contributed by atoms with Crippen LogP contribution in [0.4, 0.5) is 17.3 Å². The minimum Gasteiger partial charge on any atom is -0.326 e. The van der Waals surface area contributed by atoms with Gasteiger partial charge in [0.15, 0.2) is 0 Å². The number of amides is 1.